The minimum absolute atomic E-state index is 0.448. The third kappa shape index (κ3) is 4.18. The topological polar surface area (TPSA) is 80.2 Å². The van der Waals surface area contributed by atoms with Gasteiger partial charge in [0.1, 0.15) is 11.5 Å². The molecule has 0 bridgehead atoms. The summed E-state index contributed by atoms with van der Waals surface area (Å²) in [6.07, 6.45) is 0. The van der Waals surface area contributed by atoms with E-state index in [1.54, 1.807) is 87.9 Å². The molecule has 2 N–H and O–H groups in total. The van der Waals surface area contributed by atoms with Gasteiger partial charge in [-0.1, -0.05) is 60.7 Å². The molecule has 0 aliphatic carbocycles. The maximum Gasteiger partial charge on any atom is 0.281 e. The molecular weight excluding hydrogens is 380 g/mol. The number of carbonyl (C=O) groups excluding carboxylic acids is 1. The summed E-state index contributed by atoms with van der Waals surface area (Å²) in [5, 5.41) is 15.7. The molecule has 0 aliphatic rings. The molecule has 3 aromatic carbocycles. The first-order valence-electron chi connectivity index (χ1n) is 9.41. The second-order valence-electron chi connectivity index (χ2n) is 6.65. The minimum Gasteiger partial charge on any atom is -0.497 e. The van der Waals surface area contributed by atoms with Gasteiger partial charge in [0.15, 0.2) is 5.60 Å². The fraction of sp³-hybridized carbons (Fsp3) is 0.167. The molecule has 0 saturated carbocycles. The zero-order chi connectivity index (χ0) is 21.6. The Hall–Kier alpha value is -3.64. The van der Waals surface area contributed by atoms with Gasteiger partial charge in [-0.3, -0.25) is 4.79 Å². The van der Waals surface area contributed by atoms with E-state index in [1.807, 2.05) is 12.1 Å². The van der Waals surface area contributed by atoms with Crippen LogP contribution in [0.4, 0.5) is 0 Å². The first-order chi connectivity index (χ1) is 14.5. The van der Waals surface area contributed by atoms with Crippen LogP contribution in [0, 0.1) is 0 Å². The van der Waals surface area contributed by atoms with Crippen LogP contribution in [0.25, 0.3) is 0 Å². The van der Waals surface area contributed by atoms with E-state index in [9.17, 15) is 9.90 Å². The Balaban J connectivity index is 1.94. The molecule has 0 radical (unpaired) electrons. The maximum atomic E-state index is 13.1. The maximum absolute atomic E-state index is 13.1. The van der Waals surface area contributed by atoms with Crippen LogP contribution in [0.15, 0.2) is 84.0 Å². The zero-order valence-electron chi connectivity index (χ0n) is 17.1. The number of ether oxygens (including phenoxy) is 2. The fourth-order valence-electron chi connectivity index (χ4n) is 3.16. The highest BCUT2D eigenvalue weighted by molar-refractivity contribution is 6.02. The lowest BCUT2D eigenvalue weighted by atomic mass is 9.85. The molecule has 0 atom stereocenters. The molecule has 1 amide bonds. The van der Waals surface area contributed by atoms with Gasteiger partial charge in [-0.25, -0.2) is 5.43 Å². The lowest BCUT2D eigenvalue weighted by Gasteiger charge is -2.27. The summed E-state index contributed by atoms with van der Waals surface area (Å²) in [5.41, 5.74) is 2.73. The van der Waals surface area contributed by atoms with Crippen molar-refractivity contribution < 1.29 is 19.4 Å². The van der Waals surface area contributed by atoms with E-state index in [1.165, 1.54) is 0 Å². The van der Waals surface area contributed by atoms with Gasteiger partial charge >= 0.3 is 0 Å². The lowest BCUT2D eigenvalue weighted by Crippen LogP contribution is -2.43. The van der Waals surface area contributed by atoms with Crippen molar-refractivity contribution in [3.63, 3.8) is 0 Å². The summed E-state index contributed by atoms with van der Waals surface area (Å²) in [7, 11) is 3.12. The normalized spacial score (nSPS) is 11.7. The first kappa shape index (κ1) is 21.1. The van der Waals surface area contributed by atoms with Crippen molar-refractivity contribution in [1.29, 1.82) is 0 Å². The molecule has 0 aromatic heterocycles. The van der Waals surface area contributed by atoms with E-state index >= 15 is 0 Å². The molecule has 6 heteroatoms. The van der Waals surface area contributed by atoms with Crippen molar-refractivity contribution in [1.82, 2.24) is 5.43 Å². The average molecular weight is 404 g/mol. The van der Waals surface area contributed by atoms with Crippen molar-refractivity contribution in [2.24, 2.45) is 5.10 Å². The van der Waals surface area contributed by atoms with E-state index in [4.69, 9.17) is 9.47 Å². The van der Waals surface area contributed by atoms with Gasteiger partial charge in [-0.05, 0) is 30.2 Å². The fourth-order valence-corrected chi connectivity index (χ4v) is 3.16. The molecule has 0 spiro atoms. The Kier molecular flexibility index (Phi) is 6.49. The van der Waals surface area contributed by atoms with Crippen LogP contribution in [0.5, 0.6) is 11.5 Å². The van der Waals surface area contributed by atoms with Crippen LogP contribution < -0.4 is 14.9 Å². The zero-order valence-corrected chi connectivity index (χ0v) is 17.1. The van der Waals surface area contributed by atoms with E-state index in [2.05, 4.69) is 10.5 Å². The summed E-state index contributed by atoms with van der Waals surface area (Å²) >= 11 is 0. The van der Waals surface area contributed by atoms with Gasteiger partial charge in [0.25, 0.3) is 5.91 Å². The van der Waals surface area contributed by atoms with Crippen molar-refractivity contribution in [2.75, 3.05) is 14.2 Å². The van der Waals surface area contributed by atoms with Gasteiger partial charge < -0.3 is 14.6 Å². The Labute approximate surface area is 175 Å². The second kappa shape index (κ2) is 9.24. The van der Waals surface area contributed by atoms with Gasteiger partial charge in [0.2, 0.25) is 0 Å². The average Bonchev–Trinajstić information content (AvgIpc) is 2.82. The van der Waals surface area contributed by atoms with Crippen LogP contribution in [-0.2, 0) is 10.4 Å². The number of methoxy groups -OCH3 is 2. The molecule has 3 rings (SSSR count). The van der Waals surface area contributed by atoms with Crippen LogP contribution in [-0.4, -0.2) is 30.9 Å². The summed E-state index contributed by atoms with van der Waals surface area (Å²) in [4.78, 5) is 13.1. The number of nitrogens with zero attached hydrogens (tertiary/aromatic N) is 1. The van der Waals surface area contributed by atoms with Crippen molar-refractivity contribution >= 4 is 11.6 Å². The van der Waals surface area contributed by atoms with E-state index in [0.29, 0.717) is 33.9 Å². The highest BCUT2D eigenvalue weighted by Gasteiger charge is 2.40. The molecule has 0 fully saturated rings. The standard InChI is InChI=1S/C24H24N2O4/c1-17(21-15-14-20(29-2)16-22(21)30-3)25-26-23(27)24(28,18-10-6-4-7-11-18)19-12-8-5-9-13-19/h4-16,28H,1-3H3,(H,26,27)/b25-17-. The summed E-state index contributed by atoms with van der Waals surface area (Å²) in [5.74, 6) is 0.549. The quantitative estimate of drug-likeness (QED) is 0.467. The number of hydrogen-bond acceptors (Lipinski definition) is 5. The minimum atomic E-state index is -1.89. The highest BCUT2D eigenvalue weighted by Crippen LogP contribution is 2.30. The summed E-state index contributed by atoms with van der Waals surface area (Å²) in [6, 6.07) is 22.9. The van der Waals surface area contributed by atoms with Crippen LogP contribution in [0.1, 0.15) is 23.6 Å². The van der Waals surface area contributed by atoms with Crippen LogP contribution >= 0.6 is 0 Å². The van der Waals surface area contributed by atoms with Crippen LogP contribution in [0.2, 0.25) is 0 Å². The number of nitrogens with one attached hydrogen (secondary N) is 1. The number of benzene rings is 3. The van der Waals surface area contributed by atoms with Crippen molar-refractivity contribution in [3.05, 3.63) is 95.6 Å². The molecule has 30 heavy (non-hydrogen) atoms. The number of amides is 1. The van der Waals surface area contributed by atoms with E-state index < -0.39 is 11.5 Å². The van der Waals surface area contributed by atoms with E-state index in [0.717, 1.165) is 0 Å². The van der Waals surface area contributed by atoms with Gasteiger partial charge in [0, 0.05) is 11.6 Å². The Morgan fingerprint density at radius 3 is 1.97 bits per heavy atom. The molecule has 0 unspecified atom stereocenters. The highest BCUT2D eigenvalue weighted by atomic mass is 16.5. The Morgan fingerprint density at radius 1 is 0.900 bits per heavy atom. The van der Waals surface area contributed by atoms with E-state index in [-0.39, 0.29) is 0 Å². The Morgan fingerprint density at radius 2 is 1.47 bits per heavy atom. The molecule has 0 aliphatic heterocycles. The number of carbonyl (C=O) groups is 1. The Bertz CT molecular complexity index is 994. The first-order valence-corrected chi connectivity index (χ1v) is 9.41. The van der Waals surface area contributed by atoms with Gasteiger partial charge in [-0.2, -0.15) is 5.10 Å². The smallest absolute Gasteiger partial charge is 0.281 e. The second-order valence-corrected chi connectivity index (χ2v) is 6.65. The lowest BCUT2D eigenvalue weighted by molar-refractivity contribution is -0.136. The van der Waals surface area contributed by atoms with Crippen molar-refractivity contribution in [3.8, 4) is 11.5 Å². The van der Waals surface area contributed by atoms with Crippen LogP contribution in [0.3, 0.4) is 0 Å². The largest absolute Gasteiger partial charge is 0.497 e. The molecule has 0 saturated heterocycles. The summed E-state index contributed by atoms with van der Waals surface area (Å²) in [6.45, 7) is 1.74. The molecule has 6 nitrogen and oxygen atoms in total. The van der Waals surface area contributed by atoms with Gasteiger partial charge in [-0.15, -0.1) is 0 Å². The predicted octanol–water partition coefficient (Wildman–Crippen LogP) is 3.48. The van der Waals surface area contributed by atoms with Gasteiger partial charge in [0.05, 0.1) is 19.9 Å². The van der Waals surface area contributed by atoms with Crippen molar-refractivity contribution in [2.45, 2.75) is 12.5 Å². The molecule has 154 valence electrons. The number of rotatable bonds is 7. The number of aliphatic hydroxyl groups is 1. The predicted molar refractivity (Wildman–Crippen MR) is 116 cm³/mol. The molecule has 3 aromatic rings. The summed E-state index contributed by atoms with van der Waals surface area (Å²) < 4.78 is 10.6. The number of hydrazone groups is 1. The number of hydrogen-bond donors (Lipinski definition) is 2. The third-order valence-electron chi connectivity index (χ3n) is 4.84. The molecular formula is C24H24N2O4. The monoisotopic (exact) mass is 404 g/mol. The third-order valence-corrected chi connectivity index (χ3v) is 4.84. The SMILES string of the molecule is COc1ccc(/C(C)=N\NC(=O)C(O)(c2ccccc2)c2ccccc2)c(OC)c1. The molecule has 0 heterocycles.